The second-order valence-electron chi connectivity index (χ2n) is 6.97. The summed E-state index contributed by atoms with van der Waals surface area (Å²) in [5, 5.41) is 5.23. The number of aromatic nitrogens is 1. The van der Waals surface area contributed by atoms with Crippen molar-refractivity contribution in [3.63, 3.8) is 0 Å². The average Bonchev–Trinajstić information content (AvgIpc) is 3.16. The molecule has 0 aliphatic carbocycles. The summed E-state index contributed by atoms with van der Waals surface area (Å²) in [6.45, 7) is 4.95. The first-order chi connectivity index (χ1) is 14.8. The number of para-hydroxylation sites is 3. The first-order valence-electron chi connectivity index (χ1n) is 9.71. The van der Waals surface area contributed by atoms with E-state index in [0.717, 1.165) is 17.2 Å². The van der Waals surface area contributed by atoms with Crippen LogP contribution in [0.3, 0.4) is 0 Å². The van der Waals surface area contributed by atoms with Gasteiger partial charge in [0.15, 0.2) is 11.7 Å². The summed E-state index contributed by atoms with van der Waals surface area (Å²) < 4.78 is 10.5. The molecule has 0 saturated carbocycles. The molecule has 1 unspecified atom stereocenters. The number of anilines is 1. The van der Waals surface area contributed by atoms with Gasteiger partial charge < -0.3 is 19.8 Å². The molecule has 0 aliphatic heterocycles. The Balaban J connectivity index is 1.47. The maximum Gasteiger partial charge on any atom is 0.331 e. The zero-order valence-electron chi connectivity index (χ0n) is 17.5. The highest BCUT2D eigenvalue weighted by Gasteiger charge is 2.18. The van der Waals surface area contributed by atoms with E-state index in [9.17, 15) is 14.4 Å². The predicted molar refractivity (Wildman–Crippen MR) is 116 cm³/mol. The van der Waals surface area contributed by atoms with Crippen molar-refractivity contribution >= 4 is 40.6 Å². The molecule has 0 aliphatic rings. The number of amides is 2. The molecule has 0 bridgehead atoms. The van der Waals surface area contributed by atoms with E-state index < -0.39 is 18.0 Å². The largest absolute Gasteiger partial charge is 0.449 e. The summed E-state index contributed by atoms with van der Waals surface area (Å²) in [5.74, 6) is -1.44. The van der Waals surface area contributed by atoms with Gasteiger partial charge >= 0.3 is 5.97 Å². The number of benzene rings is 2. The smallest absolute Gasteiger partial charge is 0.331 e. The number of nitrogens with one attached hydrogen (secondary N) is 2. The molecule has 31 heavy (non-hydrogen) atoms. The third-order valence-electron chi connectivity index (χ3n) is 4.50. The van der Waals surface area contributed by atoms with Crippen LogP contribution in [0.25, 0.3) is 17.2 Å². The van der Waals surface area contributed by atoms with Crippen molar-refractivity contribution in [3.05, 3.63) is 65.6 Å². The van der Waals surface area contributed by atoms with E-state index in [-0.39, 0.29) is 18.3 Å². The van der Waals surface area contributed by atoms with Crippen LogP contribution < -0.4 is 10.6 Å². The van der Waals surface area contributed by atoms with E-state index in [0.29, 0.717) is 16.8 Å². The topological polar surface area (TPSA) is 111 Å². The van der Waals surface area contributed by atoms with E-state index in [1.807, 2.05) is 44.2 Å². The van der Waals surface area contributed by atoms with Crippen LogP contribution in [0.2, 0.25) is 0 Å². The minimum Gasteiger partial charge on any atom is -0.449 e. The summed E-state index contributed by atoms with van der Waals surface area (Å²) in [6.07, 6.45) is 1.42. The fourth-order valence-electron chi connectivity index (χ4n) is 2.87. The molecule has 2 amide bonds. The van der Waals surface area contributed by atoms with Gasteiger partial charge in [0, 0.05) is 17.8 Å². The molecule has 8 nitrogen and oxygen atoms in total. The molecular weight excluding hydrogens is 398 g/mol. The number of aryl methyl sites for hydroxylation is 2. The number of hydrogen-bond donors (Lipinski definition) is 2. The molecule has 1 atom stereocenters. The second kappa shape index (κ2) is 9.71. The first kappa shape index (κ1) is 21.8. The number of hydrogen-bond acceptors (Lipinski definition) is 6. The van der Waals surface area contributed by atoms with Crippen molar-refractivity contribution in [3.8, 4) is 0 Å². The molecule has 0 spiro atoms. The molecule has 2 N–H and O–H groups in total. The van der Waals surface area contributed by atoms with Crippen LogP contribution in [-0.2, 0) is 19.1 Å². The quantitative estimate of drug-likeness (QED) is 0.448. The summed E-state index contributed by atoms with van der Waals surface area (Å²) in [6, 6.07) is 12.9. The SMILES string of the molecule is Cc1cccc(C)c1NC(=O)CNC(=O)C(C)OC(=O)/C=C/c1nc2ccccc2o1. The standard InChI is InChI=1S/C23H23N3O5/c1-14-7-6-8-15(2)22(14)26-19(27)13-24-23(29)16(3)30-21(28)12-11-20-25-17-9-4-5-10-18(17)31-20/h4-12,16H,13H2,1-3H3,(H,24,29)(H,26,27)/b12-11+. The van der Waals surface area contributed by atoms with Crippen molar-refractivity contribution in [1.82, 2.24) is 10.3 Å². The highest BCUT2D eigenvalue weighted by Crippen LogP contribution is 2.19. The Morgan fingerprint density at radius 1 is 1.10 bits per heavy atom. The third-order valence-corrected chi connectivity index (χ3v) is 4.50. The Morgan fingerprint density at radius 2 is 1.81 bits per heavy atom. The number of fused-ring (bicyclic) bond motifs is 1. The Hall–Kier alpha value is -3.94. The number of rotatable bonds is 7. The summed E-state index contributed by atoms with van der Waals surface area (Å²) >= 11 is 0. The van der Waals surface area contributed by atoms with Gasteiger partial charge in [0.2, 0.25) is 11.8 Å². The summed E-state index contributed by atoms with van der Waals surface area (Å²) in [7, 11) is 0. The Kier molecular flexibility index (Phi) is 6.81. The Morgan fingerprint density at radius 3 is 2.52 bits per heavy atom. The molecule has 3 rings (SSSR count). The molecule has 2 aromatic carbocycles. The van der Waals surface area contributed by atoms with Gasteiger partial charge in [-0.1, -0.05) is 30.3 Å². The number of carbonyl (C=O) groups is 3. The number of carbonyl (C=O) groups excluding carboxylic acids is 3. The third kappa shape index (κ3) is 5.79. The first-order valence-corrected chi connectivity index (χ1v) is 9.71. The highest BCUT2D eigenvalue weighted by atomic mass is 16.5. The van der Waals surface area contributed by atoms with E-state index >= 15 is 0 Å². The van der Waals surface area contributed by atoms with Crippen LogP contribution in [0.15, 0.2) is 53.0 Å². The molecule has 160 valence electrons. The molecule has 1 heterocycles. The van der Waals surface area contributed by atoms with Crippen LogP contribution in [0.1, 0.15) is 23.9 Å². The minimum atomic E-state index is -1.08. The van der Waals surface area contributed by atoms with Crippen LogP contribution in [0, 0.1) is 13.8 Å². The van der Waals surface area contributed by atoms with E-state index in [1.165, 1.54) is 13.0 Å². The minimum absolute atomic E-state index is 0.243. The predicted octanol–water partition coefficient (Wildman–Crippen LogP) is 3.14. The van der Waals surface area contributed by atoms with Gasteiger partial charge in [-0.25, -0.2) is 9.78 Å². The van der Waals surface area contributed by atoms with Crippen LogP contribution in [0.4, 0.5) is 5.69 Å². The molecular formula is C23H23N3O5. The van der Waals surface area contributed by atoms with Gasteiger partial charge in [-0.2, -0.15) is 0 Å². The van der Waals surface area contributed by atoms with Gasteiger partial charge in [0.1, 0.15) is 5.52 Å². The van der Waals surface area contributed by atoms with Gasteiger partial charge in [-0.05, 0) is 44.0 Å². The lowest BCUT2D eigenvalue weighted by molar-refractivity contribution is -0.150. The summed E-state index contributed by atoms with van der Waals surface area (Å²) in [4.78, 5) is 40.4. The van der Waals surface area contributed by atoms with Crippen molar-refractivity contribution in [2.45, 2.75) is 26.9 Å². The zero-order chi connectivity index (χ0) is 22.4. The Labute approximate surface area is 179 Å². The van der Waals surface area contributed by atoms with E-state index in [1.54, 1.807) is 12.1 Å². The molecule has 0 radical (unpaired) electrons. The van der Waals surface area contributed by atoms with Gasteiger partial charge in [0.05, 0.1) is 6.54 Å². The van der Waals surface area contributed by atoms with Crippen molar-refractivity contribution in [1.29, 1.82) is 0 Å². The lowest BCUT2D eigenvalue weighted by Crippen LogP contribution is -2.40. The van der Waals surface area contributed by atoms with E-state index in [4.69, 9.17) is 9.15 Å². The molecule has 0 fully saturated rings. The van der Waals surface area contributed by atoms with Crippen molar-refractivity contribution in [2.75, 3.05) is 11.9 Å². The Bertz CT molecular complexity index is 1100. The van der Waals surface area contributed by atoms with E-state index in [2.05, 4.69) is 15.6 Å². The molecule has 8 heteroatoms. The van der Waals surface area contributed by atoms with Gasteiger partial charge in [-0.15, -0.1) is 0 Å². The van der Waals surface area contributed by atoms with Crippen molar-refractivity contribution in [2.24, 2.45) is 0 Å². The monoisotopic (exact) mass is 421 g/mol. The lowest BCUT2D eigenvalue weighted by Gasteiger charge is -2.14. The van der Waals surface area contributed by atoms with Crippen LogP contribution >= 0.6 is 0 Å². The van der Waals surface area contributed by atoms with Crippen LogP contribution in [0.5, 0.6) is 0 Å². The number of esters is 1. The fraction of sp³-hybridized carbons (Fsp3) is 0.217. The second-order valence-corrected chi connectivity index (χ2v) is 6.97. The maximum absolute atomic E-state index is 12.1. The zero-order valence-corrected chi connectivity index (χ0v) is 17.5. The van der Waals surface area contributed by atoms with Gasteiger partial charge in [0.25, 0.3) is 5.91 Å². The van der Waals surface area contributed by atoms with Gasteiger partial charge in [-0.3, -0.25) is 9.59 Å². The summed E-state index contributed by atoms with van der Waals surface area (Å²) in [5.41, 5.74) is 3.83. The molecule has 1 aromatic heterocycles. The molecule has 0 saturated heterocycles. The number of ether oxygens (including phenoxy) is 1. The lowest BCUT2D eigenvalue weighted by atomic mass is 10.1. The maximum atomic E-state index is 12.1. The number of oxazole rings is 1. The highest BCUT2D eigenvalue weighted by molar-refractivity contribution is 5.96. The van der Waals surface area contributed by atoms with Crippen LogP contribution in [-0.4, -0.2) is 35.4 Å². The normalized spacial score (nSPS) is 12.0. The molecule has 3 aromatic rings. The average molecular weight is 421 g/mol. The van der Waals surface area contributed by atoms with Crippen molar-refractivity contribution < 1.29 is 23.5 Å². The fourth-order valence-corrected chi connectivity index (χ4v) is 2.87. The number of nitrogens with zero attached hydrogens (tertiary/aromatic N) is 1.